The third-order valence-corrected chi connectivity index (χ3v) is 4.38. The highest BCUT2D eigenvalue weighted by molar-refractivity contribution is 5.83. The zero-order valence-electron chi connectivity index (χ0n) is 14.3. The Morgan fingerprint density at radius 1 is 1.09 bits per heavy atom. The van der Waals surface area contributed by atoms with Crippen LogP contribution in [-0.4, -0.2) is 48.4 Å². The maximum atomic E-state index is 12.9. The van der Waals surface area contributed by atoms with Crippen LogP contribution in [0.4, 0.5) is 0 Å². The Morgan fingerprint density at radius 3 is 2.27 bits per heavy atom. The van der Waals surface area contributed by atoms with Gasteiger partial charge in [0.25, 0.3) is 0 Å². The van der Waals surface area contributed by atoms with Crippen LogP contribution in [0.15, 0.2) is 30.3 Å². The van der Waals surface area contributed by atoms with Crippen LogP contribution in [0.25, 0.3) is 0 Å². The van der Waals surface area contributed by atoms with Crippen molar-refractivity contribution in [1.29, 1.82) is 0 Å². The summed E-state index contributed by atoms with van der Waals surface area (Å²) in [4.78, 5) is 17.5. The molecule has 1 aliphatic rings. The second-order valence-corrected chi connectivity index (χ2v) is 6.77. The lowest BCUT2D eigenvalue weighted by atomic mass is 9.93. The SMILES string of the molecule is CCCC(C(=O)N1CCN(CC(C)C)CC1)c1ccccc1. The number of nitrogens with zero attached hydrogens (tertiary/aromatic N) is 2. The van der Waals surface area contributed by atoms with E-state index in [1.165, 1.54) is 5.56 Å². The molecule has 0 aromatic heterocycles. The first-order valence-corrected chi connectivity index (χ1v) is 8.68. The summed E-state index contributed by atoms with van der Waals surface area (Å²) in [6, 6.07) is 10.3. The van der Waals surface area contributed by atoms with Crippen LogP contribution in [0.1, 0.15) is 45.1 Å². The van der Waals surface area contributed by atoms with Crippen LogP contribution < -0.4 is 0 Å². The molecule has 122 valence electrons. The Morgan fingerprint density at radius 2 is 1.73 bits per heavy atom. The van der Waals surface area contributed by atoms with Gasteiger partial charge >= 0.3 is 0 Å². The molecule has 0 radical (unpaired) electrons. The molecule has 1 saturated heterocycles. The molecule has 1 fully saturated rings. The highest BCUT2D eigenvalue weighted by Crippen LogP contribution is 2.24. The van der Waals surface area contributed by atoms with Crippen LogP contribution in [0.2, 0.25) is 0 Å². The first kappa shape index (κ1) is 17.0. The molecule has 0 N–H and O–H groups in total. The summed E-state index contributed by atoms with van der Waals surface area (Å²) in [6.07, 6.45) is 1.98. The van der Waals surface area contributed by atoms with Crippen LogP contribution >= 0.6 is 0 Å². The van der Waals surface area contributed by atoms with Gasteiger partial charge in [-0.3, -0.25) is 9.69 Å². The predicted octanol–water partition coefficient (Wildman–Crippen LogP) is 3.37. The van der Waals surface area contributed by atoms with Crippen molar-refractivity contribution < 1.29 is 4.79 Å². The van der Waals surface area contributed by atoms with Crippen LogP contribution in [0, 0.1) is 5.92 Å². The standard InChI is InChI=1S/C19H30N2O/c1-4-8-18(17-9-6-5-7-10-17)19(22)21-13-11-20(12-14-21)15-16(2)3/h5-7,9-10,16,18H,4,8,11-15H2,1-3H3. The number of carbonyl (C=O) groups excluding carboxylic acids is 1. The van der Waals surface area contributed by atoms with E-state index in [-0.39, 0.29) is 5.92 Å². The monoisotopic (exact) mass is 302 g/mol. The topological polar surface area (TPSA) is 23.6 Å². The maximum absolute atomic E-state index is 12.9. The number of benzene rings is 1. The predicted molar refractivity (Wildman–Crippen MR) is 91.9 cm³/mol. The van der Waals surface area contributed by atoms with Gasteiger partial charge in [0, 0.05) is 32.7 Å². The molecule has 0 saturated carbocycles. The number of hydrogen-bond acceptors (Lipinski definition) is 2. The molecule has 1 amide bonds. The Labute approximate surface area is 135 Å². The van der Waals surface area contributed by atoms with Gasteiger partial charge < -0.3 is 4.90 Å². The third-order valence-electron chi connectivity index (χ3n) is 4.38. The van der Waals surface area contributed by atoms with Gasteiger partial charge in [0.05, 0.1) is 5.92 Å². The molecule has 1 heterocycles. The molecular formula is C19H30N2O. The fourth-order valence-corrected chi connectivity index (χ4v) is 3.29. The van der Waals surface area contributed by atoms with E-state index in [1.807, 2.05) is 18.2 Å². The van der Waals surface area contributed by atoms with Gasteiger partial charge in [0.2, 0.25) is 5.91 Å². The van der Waals surface area contributed by atoms with Gasteiger partial charge in [-0.25, -0.2) is 0 Å². The molecule has 2 rings (SSSR count). The Kier molecular flexibility index (Phi) is 6.44. The minimum Gasteiger partial charge on any atom is -0.340 e. The van der Waals surface area contributed by atoms with Crippen molar-refractivity contribution in [2.75, 3.05) is 32.7 Å². The van der Waals surface area contributed by atoms with E-state index in [2.05, 4.69) is 42.7 Å². The maximum Gasteiger partial charge on any atom is 0.230 e. The number of piperazine rings is 1. The largest absolute Gasteiger partial charge is 0.340 e. The number of amides is 1. The van der Waals surface area contributed by atoms with Crippen LogP contribution in [-0.2, 0) is 4.79 Å². The van der Waals surface area contributed by atoms with Gasteiger partial charge in [-0.1, -0.05) is 57.5 Å². The van der Waals surface area contributed by atoms with E-state index < -0.39 is 0 Å². The fourth-order valence-electron chi connectivity index (χ4n) is 3.29. The normalized spacial score (nSPS) is 17.7. The highest BCUT2D eigenvalue weighted by atomic mass is 16.2. The zero-order valence-corrected chi connectivity index (χ0v) is 14.3. The molecule has 0 aliphatic carbocycles. The lowest BCUT2D eigenvalue weighted by molar-refractivity contribution is -0.134. The number of carbonyl (C=O) groups is 1. The molecule has 22 heavy (non-hydrogen) atoms. The van der Waals surface area contributed by atoms with E-state index in [0.717, 1.165) is 45.6 Å². The molecule has 3 heteroatoms. The molecule has 3 nitrogen and oxygen atoms in total. The summed E-state index contributed by atoms with van der Waals surface area (Å²) < 4.78 is 0. The fraction of sp³-hybridized carbons (Fsp3) is 0.632. The molecule has 1 unspecified atom stereocenters. The lowest BCUT2D eigenvalue weighted by Crippen LogP contribution is -2.50. The Bertz CT molecular complexity index is 450. The molecule has 1 aromatic carbocycles. The molecule has 1 aromatic rings. The van der Waals surface area contributed by atoms with Crippen molar-refractivity contribution in [3.05, 3.63) is 35.9 Å². The lowest BCUT2D eigenvalue weighted by Gasteiger charge is -2.37. The van der Waals surface area contributed by atoms with Crippen LogP contribution in [0.5, 0.6) is 0 Å². The molecular weight excluding hydrogens is 272 g/mol. The molecule has 1 atom stereocenters. The van der Waals surface area contributed by atoms with Gasteiger partial charge in [0.1, 0.15) is 0 Å². The molecule has 0 spiro atoms. The van der Waals surface area contributed by atoms with Crippen molar-refractivity contribution in [1.82, 2.24) is 9.80 Å². The third kappa shape index (κ3) is 4.57. The van der Waals surface area contributed by atoms with Crippen molar-refractivity contribution in [2.45, 2.75) is 39.5 Å². The van der Waals surface area contributed by atoms with Crippen LogP contribution in [0.3, 0.4) is 0 Å². The van der Waals surface area contributed by atoms with Crippen molar-refractivity contribution in [2.24, 2.45) is 5.92 Å². The molecule has 1 aliphatic heterocycles. The van der Waals surface area contributed by atoms with E-state index in [4.69, 9.17) is 0 Å². The summed E-state index contributed by atoms with van der Waals surface area (Å²) in [5, 5.41) is 0. The summed E-state index contributed by atoms with van der Waals surface area (Å²) in [5.41, 5.74) is 1.17. The quantitative estimate of drug-likeness (QED) is 0.804. The minimum atomic E-state index is 0.0304. The van der Waals surface area contributed by atoms with E-state index in [1.54, 1.807) is 0 Å². The Hall–Kier alpha value is -1.35. The first-order chi connectivity index (χ1) is 10.6. The summed E-state index contributed by atoms with van der Waals surface area (Å²) in [7, 11) is 0. The summed E-state index contributed by atoms with van der Waals surface area (Å²) >= 11 is 0. The smallest absolute Gasteiger partial charge is 0.230 e. The average Bonchev–Trinajstić information content (AvgIpc) is 2.53. The number of hydrogen-bond donors (Lipinski definition) is 0. The van der Waals surface area contributed by atoms with Gasteiger partial charge in [-0.05, 0) is 17.9 Å². The Balaban J connectivity index is 1.97. The summed E-state index contributed by atoms with van der Waals surface area (Å²) in [5.74, 6) is 1.04. The van der Waals surface area contributed by atoms with Gasteiger partial charge in [0.15, 0.2) is 0 Å². The second-order valence-electron chi connectivity index (χ2n) is 6.77. The van der Waals surface area contributed by atoms with E-state index in [9.17, 15) is 4.79 Å². The van der Waals surface area contributed by atoms with Crippen molar-refractivity contribution >= 4 is 5.91 Å². The zero-order chi connectivity index (χ0) is 15.9. The first-order valence-electron chi connectivity index (χ1n) is 8.68. The second kappa shape index (κ2) is 8.33. The molecule has 0 bridgehead atoms. The average molecular weight is 302 g/mol. The van der Waals surface area contributed by atoms with Gasteiger partial charge in [-0.2, -0.15) is 0 Å². The van der Waals surface area contributed by atoms with Crippen molar-refractivity contribution in [3.8, 4) is 0 Å². The van der Waals surface area contributed by atoms with Crippen molar-refractivity contribution in [3.63, 3.8) is 0 Å². The summed E-state index contributed by atoms with van der Waals surface area (Å²) in [6.45, 7) is 11.6. The number of rotatable bonds is 6. The highest BCUT2D eigenvalue weighted by Gasteiger charge is 2.27. The van der Waals surface area contributed by atoms with Gasteiger partial charge in [-0.15, -0.1) is 0 Å². The van der Waals surface area contributed by atoms with E-state index >= 15 is 0 Å². The van der Waals surface area contributed by atoms with E-state index in [0.29, 0.717) is 11.8 Å². The minimum absolute atomic E-state index is 0.0304.